The molecule has 0 spiro atoms. The van der Waals surface area contributed by atoms with Crippen LogP contribution in [0.2, 0.25) is 0 Å². The van der Waals surface area contributed by atoms with Crippen LogP contribution in [0.5, 0.6) is 0 Å². The molecule has 29 heavy (non-hydrogen) atoms. The molecule has 0 aliphatic carbocycles. The molecule has 2 bridgehead atoms. The van der Waals surface area contributed by atoms with Crippen molar-refractivity contribution in [3.05, 3.63) is 42.1 Å². The number of rotatable bonds is 4. The maximum atomic E-state index is 12.7. The van der Waals surface area contributed by atoms with Crippen LogP contribution in [0.25, 0.3) is 11.3 Å². The molecular formula is C22H26N4O3. The van der Waals surface area contributed by atoms with Gasteiger partial charge < -0.3 is 20.1 Å². The zero-order chi connectivity index (χ0) is 19.8. The summed E-state index contributed by atoms with van der Waals surface area (Å²) in [7, 11) is 0. The smallest absolute Gasteiger partial charge is 0.273 e. The van der Waals surface area contributed by atoms with E-state index in [1.54, 1.807) is 6.07 Å². The van der Waals surface area contributed by atoms with Gasteiger partial charge in [-0.15, -0.1) is 0 Å². The van der Waals surface area contributed by atoms with Crippen LogP contribution in [0.4, 0.5) is 0 Å². The van der Waals surface area contributed by atoms with Crippen molar-refractivity contribution in [1.29, 1.82) is 0 Å². The van der Waals surface area contributed by atoms with Gasteiger partial charge in [-0.2, -0.15) is 0 Å². The fourth-order valence-corrected chi connectivity index (χ4v) is 5.31. The molecule has 4 heterocycles. The molecule has 5 rings (SSSR count). The van der Waals surface area contributed by atoms with Crippen molar-refractivity contribution < 1.29 is 14.1 Å². The number of piperidine rings is 3. The molecule has 7 nitrogen and oxygen atoms in total. The zero-order valence-corrected chi connectivity index (χ0v) is 16.3. The molecule has 152 valence electrons. The molecule has 0 saturated carbocycles. The number of hydrogen-bond donors (Lipinski definition) is 2. The number of carbonyl (C=O) groups is 2. The number of fused-ring (bicyclic) bond motifs is 4. The first-order chi connectivity index (χ1) is 14.2. The molecule has 4 atom stereocenters. The molecule has 2 N–H and O–H groups in total. The zero-order valence-electron chi connectivity index (χ0n) is 16.3. The standard InChI is InChI=1S/C22H26N4O3/c27-21-8-4-7-18-15-9-16(12-23-11-15)19(26(18)21)13-24-22(28)17-10-20(29-25-17)14-5-2-1-3-6-14/h1-3,5-6,10,15-16,18-19,23H,4,7-9,11-13H2,(H,24,28)/t15-,16+,18+,19+/m1/s1. The van der Waals surface area contributed by atoms with Crippen LogP contribution in [0.15, 0.2) is 40.9 Å². The Morgan fingerprint density at radius 2 is 2.07 bits per heavy atom. The fourth-order valence-electron chi connectivity index (χ4n) is 5.31. The lowest BCUT2D eigenvalue weighted by Crippen LogP contribution is -2.66. The van der Waals surface area contributed by atoms with Crippen LogP contribution in [-0.2, 0) is 4.79 Å². The van der Waals surface area contributed by atoms with E-state index in [0.29, 0.717) is 36.6 Å². The summed E-state index contributed by atoms with van der Waals surface area (Å²) < 4.78 is 5.35. The highest BCUT2D eigenvalue weighted by molar-refractivity contribution is 5.93. The average Bonchev–Trinajstić information content (AvgIpc) is 3.25. The van der Waals surface area contributed by atoms with Crippen LogP contribution in [0.1, 0.15) is 36.2 Å². The van der Waals surface area contributed by atoms with Crippen molar-refractivity contribution >= 4 is 11.8 Å². The lowest BCUT2D eigenvalue weighted by molar-refractivity contribution is -0.148. The summed E-state index contributed by atoms with van der Waals surface area (Å²) in [6.45, 7) is 2.34. The maximum absolute atomic E-state index is 12.7. The van der Waals surface area contributed by atoms with Gasteiger partial charge in [0.1, 0.15) is 0 Å². The largest absolute Gasteiger partial charge is 0.355 e. The monoisotopic (exact) mass is 394 g/mol. The first-order valence-electron chi connectivity index (χ1n) is 10.5. The summed E-state index contributed by atoms with van der Waals surface area (Å²) in [6.07, 6.45) is 3.79. The van der Waals surface area contributed by atoms with Gasteiger partial charge in [0.2, 0.25) is 5.91 Å². The van der Waals surface area contributed by atoms with Crippen LogP contribution < -0.4 is 10.6 Å². The van der Waals surface area contributed by atoms with Gasteiger partial charge in [0.05, 0.1) is 6.04 Å². The van der Waals surface area contributed by atoms with Crippen molar-refractivity contribution in [3.8, 4) is 11.3 Å². The van der Waals surface area contributed by atoms with Gasteiger partial charge in [0.15, 0.2) is 11.5 Å². The minimum Gasteiger partial charge on any atom is -0.355 e. The van der Waals surface area contributed by atoms with Crippen LogP contribution in [0, 0.1) is 11.8 Å². The topological polar surface area (TPSA) is 87.5 Å². The van der Waals surface area contributed by atoms with Crippen molar-refractivity contribution in [2.24, 2.45) is 11.8 Å². The summed E-state index contributed by atoms with van der Waals surface area (Å²) in [5.41, 5.74) is 1.15. The van der Waals surface area contributed by atoms with E-state index >= 15 is 0 Å². The summed E-state index contributed by atoms with van der Waals surface area (Å²) in [6, 6.07) is 11.6. The first-order valence-corrected chi connectivity index (χ1v) is 10.5. The number of carbonyl (C=O) groups excluding carboxylic acids is 2. The Labute approximate surface area is 169 Å². The van der Waals surface area contributed by atoms with E-state index in [0.717, 1.165) is 37.9 Å². The number of aromatic nitrogens is 1. The number of nitrogens with zero attached hydrogens (tertiary/aromatic N) is 2. The van der Waals surface area contributed by atoms with Gasteiger partial charge in [0, 0.05) is 37.2 Å². The van der Waals surface area contributed by atoms with Crippen molar-refractivity contribution in [1.82, 2.24) is 20.7 Å². The van der Waals surface area contributed by atoms with Gasteiger partial charge in [-0.25, -0.2) is 0 Å². The molecule has 0 radical (unpaired) electrons. The molecule has 3 aliphatic rings. The number of nitrogens with one attached hydrogen (secondary N) is 2. The van der Waals surface area contributed by atoms with E-state index in [-0.39, 0.29) is 23.6 Å². The molecule has 3 saturated heterocycles. The van der Waals surface area contributed by atoms with Crippen molar-refractivity contribution in [3.63, 3.8) is 0 Å². The minimum atomic E-state index is -0.261. The summed E-state index contributed by atoms with van der Waals surface area (Å²) in [5.74, 6) is 1.46. The lowest BCUT2D eigenvalue weighted by atomic mass is 9.72. The predicted molar refractivity (Wildman–Crippen MR) is 107 cm³/mol. The average molecular weight is 394 g/mol. The third kappa shape index (κ3) is 3.44. The Morgan fingerprint density at radius 1 is 1.24 bits per heavy atom. The molecule has 2 aromatic rings. The first kappa shape index (κ1) is 18.4. The van der Waals surface area contributed by atoms with Crippen molar-refractivity contribution in [2.45, 2.75) is 37.8 Å². The van der Waals surface area contributed by atoms with E-state index in [2.05, 4.69) is 20.7 Å². The van der Waals surface area contributed by atoms with E-state index in [1.165, 1.54) is 0 Å². The van der Waals surface area contributed by atoms with Crippen molar-refractivity contribution in [2.75, 3.05) is 19.6 Å². The normalized spacial score (nSPS) is 28.7. The van der Waals surface area contributed by atoms with Gasteiger partial charge in [-0.3, -0.25) is 9.59 Å². The van der Waals surface area contributed by atoms with E-state index in [9.17, 15) is 9.59 Å². The second kappa shape index (κ2) is 7.63. The molecule has 1 aromatic carbocycles. The highest BCUT2D eigenvalue weighted by Crippen LogP contribution is 2.39. The number of hydrogen-bond acceptors (Lipinski definition) is 5. The lowest BCUT2D eigenvalue weighted by Gasteiger charge is -2.54. The fraction of sp³-hybridized carbons (Fsp3) is 0.500. The molecule has 3 fully saturated rings. The van der Waals surface area contributed by atoms with E-state index in [4.69, 9.17) is 4.52 Å². The highest BCUT2D eigenvalue weighted by atomic mass is 16.5. The van der Waals surface area contributed by atoms with Gasteiger partial charge in [-0.05, 0) is 37.6 Å². The number of amides is 2. The Bertz CT molecular complexity index is 896. The highest BCUT2D eigenvalue weighted by Gasteiger charge is 2.47. The SMILES string of the molecule is O=C(NC[C@H]1[C@@H]2CNC[C@@H](C2)[C@@H]2CCCC(=O)N21)c1cc(-c2ccccc2)on1. The molecule has 7 heteroatoms. The maximum Gasteiger partial charge on any atom is 0.273 e. The second-order valence-electron chi connectivity index (χ2n) is 8.39. The van der Waals surface area contributed by atoms with E-state index < -0.39 is 0 Å². The van der Waals surface area contributed by atoms with Gasteiger partial charge in [0.25, 0.3) is 5.91 Å². The van der Waals surface area contributed by atoms with Crippen LogP contribution >= 0.6 is 0 Å². The van der Waals surface area contributed by atoms with Crippen LogP contribution in [-0.4, -0.2) is 53.6 Å². The quantitative estimate of drug-likeness (QED) is 0.829. The minimum absolute atomic E-state index is 0.0429. The molecule has 3 aliphatic heterocycles. The Hall–Kier alpha value is -2.67. The summed E-state index contributed by atoms with van der Waals surface area (Å²) in [5, 5.41) is 10.5. The van der Waals surface area contributed by atoms with E-state index in [1.807, 2.05) is 30.3 Å². The molecule has 1 aromatic heterocycles. The predicted octanol–water partition coefficient (Wildman–Crippen LogP) is 2.06. The molecule has 0 unspecified atom stereocenters. The van der Waals surface area contributed by atoms with Gasteiger partial charge >= 0.3 is 0 Å². The molecule has 2 amide bonds. The van der Waals surface area contributed by atoms with Crippen LogP contribution in [0.3, 0.4) is 0 Å². The number of benzene rings is 1. The Balaban J connectivity index is 1.29. The Kier molecular flexibility index (Phi) is 4.83. The summed E-state index contributed by atoms with van der Waals surface area (Å²) in [4.78, 5) is 27.5. The Morgan fingerprint density at radius 3 is 2.93 bits per heavy atom. The summed E-state index contributed by atoms with van der Waals surface area (Å²) >= 11 is 0. The third-order valence-corrected chi connectivity index (χ3v) is 6.67. The molecular weight excluding hydrogens is 368 g/mol. The van der Waals surface area contributed by atoms with Gasteiger partial charge in [-0.1, -0.05) is 35.5 Å². The second-order valence-corrected chi connectivity index (χ2v) is 8.39. The third-order valence-electron chi connectivity index (χ3n) is 6.67.